The van der Waals surface area contributed by atoms with Gasteiger partial charge in [0.25, 0.3) is 0 Å². The summed E-state index contributed by atoms with van der Waals surface area (Å²) in [6.07, 6.45) is 4.98. The standard InChI is InChI=1S/C11H22O/c1-5-11(10(2,3)4)8-6-7-9-12-11/h5-9H2,1-4H3. The lowest BCUT2D eigenvalue weighted by molar-refractivity contribution is -0.145. The molecule has 0 radical (unpaired) electrons. The normalized spacial score (nSPS) is 32.0. The monoisotopic (exact) mass is 170 g/mol. The van der Waals surface area contributed by atoms with Gasteiger partial charge < -0.3 is 4.74 Å². The Hall–Kier alpha value is -0.0400. The first-order chi connectivity index (χ1) is 5.52. The van der Waals surface area contributed by atoms with E-state index in [2.05, 4.69) is 27.7 Å². The minimum atomic E-state index is 0.158. The minimum Gasteiger partial charge on any atom is -0.374 e. The molecule has 0 aliphatic carbocycles. The van der Waals surface area contributed by atoms with Crippen molar-refractivity contribution in [3.05, 3.63) is 0 Å². The predicted octanol–water partition coefficient (Wildman–Crippen LogP) is 3.38. The van der Waals surface area contributed by atoms with Gasteiger partial charge in [-0.05, 0) is 31.1 Å². The smallest absolute Gasteiger partial charge is 0.0727 e. The summed E-state index contributed by atoms with van der Waals surface area (Å²) in [7, 11) is 0. The van der Waals surface area contributed by atoms with Crippen LogP contribution in [0.2, 0.25) is 0 Å². The van der Waals surface area contributed by atoms with Crippen LogP contribution >= 0.6 is 0 Å². The molecule has 0 spiro atoms. The van der Waals surface area contributed by atoms with Crippen molar-refractivity contribution in [3.8, 4) is 0 Å². The third kappa shape index (κ3) is 1.66. The molecular formula is C11H22O. The minimum absolute atomic E-state index is 0.158. The SMILES string of the molecule is CCC1(C(C)(C)C)CCCCO1. The van der Waals surface area contributed by atoms with Crippen LogP contribution in [0.1, 0.15) is 53.4 Å². The van der Waals surface area contributed by atoms with Crippen molar-refractivity contribution in [2.45, 2.75) is 59.0 Å². The van der Waals surface area contributed by atoms with E-state index in [-0.39, 0.29) is 5.60 Å². The molecule has 1 saturated heterocycles. The fraction of sp³-hybridized carbons (Fsp3) is 1.00. The van der Waals surface area contributed by atoms with Crippen LogP contribution in [0.15, 0.2) is 0 Å². The molecule has 0 amide bonds. The van der Waals surface area contributed by atoms with Crippen LogP contribution in [0.4, 0.5) is 0 Å². The van der Waals surface area contributed by atoms with Crippen LogP contribution in [-0.4, -0.2) is 12.2 Å². The van der Waals surface area contributed by atoms with Crippen molar-refractivity contribution < 1.29 is 4.74 Å². The molecule has 12 heavy (non-hydrogen) atoms. The van der Waals surface area contributed by atoms with Crippen LogP contribution in [0.25, 0.3) is 0 Å². The maximum Gasteiger partial charge on any atom is 0.0727 e. The molecule has 1 aliphatic rings. The summed E-state index contributed by atoms with van der Waals surface area (Å²) in [5, 5.41) is 0. The van der Waals surface area contributed by atoms with Crippen molar-refractivity contribution in [1.82, 2.24) is 0 Å². The quantitative estimate of drug-likeness (QED) is 0.586. The number of hydrogen-bond acceptors (Lipinski definition) is 1. The first-order valence-electron chi connectivity index (χ1n) is 5.16. The van der Waals surface area contributed by atoms with Crippen molar-refractivity contribution in [2.75, 3.05) is 6.61 Å². The molecular weight excluding hydrogens is 148 g/mol. The van der Waals surface area contributed by atoms with Crippen LogP contribution in [0, 0.1) is 5.41 Å². The van der Waals surface area contributed by atoms with Gasteiger partial charge in [0.2, 0.25) is 0 Å². The lowest BCUT2D eigenvalue weighted by Gasteiger charge is -2.46. The Morgan fingerprint density at radius 2 is 1.92 bits per heavy atom. The van der Waals surface area contributed by atoms with Gasteiger partial charge in [-0.25, -0.2) is 0 Å². The number of hydrogen-bond donors (Lipinski definition) is 0. The molecule has 0 aromatic heterocycles. The van der Waals surface area contributed by atoms with Crippen LogP contribution in [-0.2, 0) is 4.74 Å². The van der Waals surface area contributed by atoms with E-state index in [1.165, 1.54) is 19.3 Å². The molecule has 0 aromatic carbocycles. The molecule has 0 N–H and O–H groups in total. The third-order valence-corrected chi connectivity index (χ3v) is 3.29. The second-order valence-electron chi connectivity index (χ2n) is 4.90. The summed E-state index contributed by atoms with van der Waals surface area (Å²) in [5.41, 5.74) is 0.452. The summed E-state index contributed by atoms with van der Waals surface area (Å²) in [6, 6.07) is 0. The molecule has 1 heterocycles. The summed E-state index contributed by atoms with van der Waals surface area (Å²) in [4.78, 5) is 0. The second kappa shape index (κ2) is 3.37. The van der Waals surface area contributed by atoms with Gasteiger partial charge in [0.1, 0.15) is 0 Å². The maximum absolute atomic E-state index is 5.98. The van der Waals surface area contributed by atoms with Crippen molar-refractivity contribution in [2.24, 2.45) is 5.41 Å². The molecule has 1 aliphatic heterocycles. The van der Waals surface area contributed by atoms with Crippen LogP contribution in [0.5, 0.6) is 0 Å². The fourth-order valence-electron chi connectivity index (χ4n) is 2.25. The number of rotatable bonds is 1. The van der Waals surface area contributed by atoms with Gasteiger partial charge in [0.05, 0.1) is 5.60 Å². The molecule has 1 fully saturated rings. The predicted molar refractivity (Wildman–Crippen MR) is 52.3 cm³/mol. The zero-order valence-electron chi connectivity index (χ0n) is 8.94. The molecule has 72 valence electrons. The molecule has 0 saturated carbocycles. The Labute approximate surface area is 76.5 Å². The average molecular weight is 170 g/mol. The van der Waals surface area contributed by atoms with Gasteiger partial charge >= 0.3 is 0 Å². The molecule has 1 rings (SSSR count). The van der Waals surface area contributed by atoms with Crippen molar-refractivity contribution in [1.29, 1.82) is 0 Å². The highest BCUT2D eigenvalue weighted by Gasteiger charge is 2.42. The van der Waals surface area contributed by atoms with Crippen molar-refractivity contribution >= 4 is 0 Å². The zero-order valence-corrected chi connectivity index (χ0v) is 8.94. The average Bonchev–Trinajstić information content (AvgIpc) is 2.04. The first kappa shape index (κ1) is 10.0. The Morgan fingerprint density at radius 3 is 2.17 bits per heavy atom. The topological polar surface area (TPSA) is 9.23 Å². The van der Waals surface area contributed by atoms with Gasteiger partial charge in [0.15, 0.2) is 0 Å². The van der Waals surface area contributed by atoms with Gasteiger partial charge in [-0.1, -0.05) is 27.7 Å². The Morgan fingerprint density at radius 1 is 1.25 bits per heavy atom. The summed E-state index contributed by atoms with van der Waals surface area (Å²) in [5.74, 6) is 0. The lowest BCUT2D eigenvalue weighted by atomic mass is 9.71. The Kier molecular flexibility index (Phi) is 2.82. The zero-order chi connectivity index (χ0) is 9.24. The Bertz CT molecular complexity index is 138. The molecule has 1 nitrogen and oxygen atoms in total. The summed E-state index contributed by atoms with van der Waals surface area (Å²) in [6.45, 7) is 10.1. The van der Waals surface area contributed by atoms with Crippen LogP contribution in [0.3, 0.4) is 0 Å². The highest BCUT2D eigenvalue weighted by molar-refractivity contribution is 4.92. The second-order valence-corrected chi connectivity index (χ2v) is 4.90. The molecule has 1 heteroatoms. The van der Waals surface area contributed by atoms with Gasteiger partial charge in [-0.3, -0.25) is 0 Å². The van der Waals surface area contributed by atoms with E-state index in [1.54, 1.807) is 0 Å². The molecule has 1 atom stereocenters. The highest BCUT2D eigenvalue weighted by atomic mass is 16.5. The lowest BCUT2D eigenvalue weighted by Crippen LogP contribution is -2.47. The van der Waals surface area contributed by atoms with E-state index >= 15 is 0 Å². The van der Waals surface area contributed by atoms with E-state index in [4.69, 9.17) is 4.74 Å². The third-order valence-electron chi connectivity index (χ3n) is 3.29. The summed E-state index contributed by atoms with van der Waals surface area (Å²) < 4.78 is 5.98. The summed E-state index contributed by atoms with van der Waals surface area (Å²) >= 11 is 0. The van der Waals surface area contributed by atoms with Gasteiger partial charge in [-0.15, -0.1) is 0 Å². The molecule has 1 unspecified atom stereocenters. The van der Waals surface area contributed by atoms with E-state index in [0.717, 1.165) is 13.0 Å². The number of ether oxygens (including phenoxy) is 1. The Balaban J connectivity index is 2.73. The maximum atomic E-state index is 5.98. The van der Waals surface area contributed by atoms with Crippen molar-refractivity contribution in [3.63, 3.8) is 0 Å². The first-order valence-corrected chi connectivity index (χ1v) is 5.16. The van der Waals surface area contributed by atoms with Gasteiger partial charge in [-0.2, -0.15) is 0 Å². The largest absolute Gasteiger partial charge is 0.374 e. The van der Waals surface area contributed by atoms with E-state index in [0.29, 0.717) is 5.41 Å². The fourth-order valence-corrected chi connectivity index (χ4v) is 2.25. The van der Waals surface area contributed by atoms with Crippen LogP contribution < -0.4 is 0 Å². The highest BCUT2D eigenvalue weighted by Crippen LogP contribution is 2.42. The van der Waals surface area contributed by atoms with E-state index < -0.39 is 0 Å². The van der Waals surface area contributed by atoms with E-state index in [1.807, 2.05) is 0 Å². The molecule has 0 aromatic rings. The molecule has 0 bridgehead atoms. The van der Waals surface area contributed by atoms with Gasteiger partial charge in [0, 0.05) is 6.61 Å². The van der Waals surface area contributed by atoms with E-state index in [9.17, 15) is 0 Å².